The molecule has 5 nitrogen and oxygen atoms in total. The Morgan fingerprint density at radius 1 is 1.00 bits per heavy atom. The number of alkyl halides is 3. The van der Waals surface area contributed by atoms with Gasteiger partial charge in [-0.15, -0.1) is 0 Å². The third-order valence-electron chi connectivity index (χ3n) is 3.63. The predicted octanol–water partition coefficient (Wildman–Crippen LogP) is 1.83. The summed E-state index contributed by atoms with van der Waals surface area (Å²) in [7, 11) is -4.04. The van der Waals surface area contributed by atoms with Crippen molar-refractivity contribution in [3.8, 4) is 0 Å². The number of rotatable bonds is 4. The molecule has 0 spiro atoms. The van der Waals surface area contributed by atoms with E-state index in [2.05, 4.69) is 0 Å². The number of hydrogen-bond donors (Lipinski definition) is 2. The molecule has 0 fully saturated rings. The molecule has 1 atom stereocenters. The van der Waals surface area contributed by atoms with Gasteiger partial charge in [-0.25, -0.2) is 8.42 Å². The van der Waals surface area contributed by atoms with Gasteiger partial charge in [0, 0.05) is 6.26 Å². The third kappa shape index (κ3) is 3.67. The Balaban J connectivity index is 2.85. The molecule has 2 aromatic rings. The SMILES string of the molecule is CS(=O)(=O)c1cc(C(F)(F)F)cc(C(O)(C(N)=O)c2ccccc2)c1. The van der Waals surface area contributed by atoms with Gasteiger partial charge in [-0.3, -0.25) is 4.79 Å². The Hall–Kier alpha value is -2.39. The molecular formula is C16H14F3NO4S. The number of amides is 1. The quantitative estimate of drug-likeness (QED) is 0.854. The number of primary amides is 1. The zero-order valence-electron chi connectivity index (χ0n) is 12.9. The normalized spacial score (nSPS) is 14.8. The topological polar surface area (TPSA) is 97.5 Å². The Kier molecular flexibility index (Phi) is 4.67. The number of halogens is 3. The smallest absolute Gasteiger partial charge is 0.372 e. The van der Waals surface area contributed by atoms with E-state index in [4.69, 9.17) is 5.73 Å². The monoisotopic (exact) mass is 373 g/mol. The standard InChI is InChI=1S/C16H14F3NO4S/c1-25(23,24)13-8-11(7-12(9-13)16(17,18)19)15(22,14(20)21)10-5-3-2-4-6-10/h2-9,22H,1H3,(H2,20,21). The van der Waals surface area contributed by atoms with E-state index in [1.165, 1.54) is 24.3 Å². The van der Waals surface area contributed by atoms with E-state index >= 15 is 0 Å². The van der Waals surface area contributed by atoms with Crippen LogP contribution in [0.5, 0.6) is 0 Å². The van der Waals surface area contributed by atoms with E-state index in [-0.39, 0.29) is 5.56 Å². The summed E-state index contributed by atoms with van der Waals surface area (Å²) in [5, 5.41) is 10.8. The Morgan fingerprint density at radius 2 is 1.52 bits per heavy atom. The number of aliphatic hydroxyl groups is 1. The molecule has 0 saturated heterocycles. The van der Waals surface area contributed by atoms with E-state index in [9.17, 15) is 31.5 Å². The molecule has 0 bridgehead atoms. The van der Waals surface area contributed by atoms with Crippen LogP contribution in [0.15, 0.2) is 53.4 Å². The van der Waals surface area contributed by atoms with Gasteiger partial charge in [0.25, 0.3) is 5.91 Å². The van der Waals surface area contributed by atoms with Crippen molar-refractivity contribution in [2.24, 2.45) is 5.73 Å². The number of sulfone groups is 1. The van der Waals surface area contributed by atoms with Crippen molar-refractivity contribution in [3.63, 3.8) is 0 Å². The lowest BCUT2D eigenvalue weighted by atomic mass is 9.85. The lowest BCUT2D eigenvalue weighted by Gasteiger charge is -2.27. The van der Waals surface area contributed by atoms with Crippen molar-refractivity contribution < 1.29 is 31.5 Å². The largest absolute Gasteiger partial charge is 0.416 e. The van der Waals surface area contributed by atoms with Crippen LogP contribution in [-0.4, -0.2) is 25.7 Å². The van der Waals surface area contributed by atoms with Crippen LogP contribution in [0.2, 0.25) is 0 Å². The highest BCUT2D eigenvalue weighted by molar-refractivity contribution is 7.90. The fourth-order valence-corrected chi connectivity index (χ4v) is 3.00. The lowest BCUT2D eigenvalue weighted by molar-refractivity contribution is -0.139. The average molecular weight is 373 g/mol. The summed E-state index contributed by atoms with van der Waals surface area (Å²) in [5.74, 6) is -1.34. The van der Waals surface area contributed by atoms with Crippen LogP contribution in [0.4, 0.5) is 13.2 Å². The van der Waals surface area contributed by atoms with Gasteiger partial charge in [0.2, 0.25) is 0 Å². The van der Waals surface area contributed by atoms with Crippen LogP contribution in [0.3, 0.4) is 0 Å². The molecule has 0 saturated carbocycles. The number of benzene rings is 2. The van der Waals surface area contributed by atoms with Gasteiger partial charge in [-0.05, 0) is 29.3 Å². The molecule has 1 unspecified atom stereocenters. The fraction of sp³-hybridized carbons (Fsp3) is 0.188. The minimum absolute atomic E-state index is 0.0822. The molecule has 2 aromatic carbocycles. The maximum absolute atomic E-state index is 13.1. The lowest BCUT2D eigenvalue weighted by Crippen LogP contribution is -2.42. The van der Waals surface area contributed by atoms with E-state index in [1.807, 2.05) is 0 Å². The van der Waals surface area contributed by atoms with Crippen molar-refractivity contribution in [2.75, 3.05) is 6.26 Å². The van der Waals surface area contributed by atoms with Gasteiger partial charge in [-0.1, -0.05) is 30.3 Å². The molecule has 2 rings (SSSR count). The van der Waals surface area contributed by atoms with Gasteiger partial charge in [0.1, 0.15) is 0 Å². The van der Waals surface area contributed by atoms with E-state index in [0.29, 0.717) is 12.1 Å². The second-order valence-electron chi connectivity index (χ2n) is 5.46. The van der Waals surface area contributed by atoms with Crippen LogP contribution in [0.25, 0.3) is 0 Å². The Labute approximate surface area is 141 Å². The molecule has 3 N–H and O–H groups in total. The molecule has 134 valence electrons. The number of carbonyl (C=O) groups excluding carboxylic acids is 1. The molecule has 0 aliphatic carbocycles. The fourth-order valence-electron chi connectivity index (χ4n) is 2.32. The summed E-state index contributed by atoms with van der Waals surface area (Å²) in [6.45, 7) is 0. The second-order valence-corrected chi connectivity index (χ2v) is 7.47. The van der Waals surface area contributed by atoms with Gasteiger partial charge in [-0.2, -0.15) is 13.2 Å². The predicted molar refractivity (Wildman–Crippen MR) is 83.2 cm³/mol. The first kappa shape index (κ1) is 18.9. The number of carbonyl (C=O) groups is 1. The molecule has 0 aliphatic heterocycles. The Bertz CT molecular complexity index is 911. The molecule has 0 heterocycles. The first-order chi connectivity index (χ1) is 11.4. The van der Waals surface area contributed by atoms with E-state index in [1.54, 1.807) is 6.07 Å². The molecule has 0 aliphatic rings. The summed E-state index contributed by atoms with van der Waals surface area (Å²) >= 11 is 0. The number of hydrogen-bond acceptors (Lipinski definition) is 4. The Morgan fingerprint density at radius 3 is 1.96 bits per heavy atom. The third-order valence-corrected chi connectivity index (χ3v) is 4.72. The van der Waals surface area contributed by atoms with Gasteiger partial charge >= 0.3 is 6.18 Å². The second kappa shape index (κ2) is 6.16. The van der Waals surface area contributed by atoms with Crippen molar-refractivity contribution in [3.05, 3.63) is 65.2 Å². The maximum atomic E-state index is 13.1. The van der Waals surface area contributed by atoms with Crippen LogP contribution in [0.1, 0.15) is 16.7 Å². The van der Waals surface area contributed by atoms with Crippen LogP contribution < -0.4 is 5.73 Å². The molecule has 25 heavy (non-hydrogen) atoms. The zero-order chi connectivity index (χ0) is 19.0. The first-order valence-corrected chi connectivity index (χ1v) is 8.76. The first-order valence-electron chi connectivity index (χ1n) is 6.87. The van der Waals surface area contributed by atoms with Crippen LogP contribution >= 0.6 is 0 Å². The van der Waals surface area contributed by atoms with Gasteiger partial charge < -0.3 is 10.8 Å². The van der Waals surface area contributed by atoms with E-state index < -0.39 is 43.5 Å². The molecule has 0 aromatic heterocycles. The van der Waals surface area contributed by atoms with Crippen molar-refractivity contribution in [1.29, 1.82) is 0 Å². The summed E-state index contributed by atoms with van der Waals surface area (Å²) in [5.41, 5.74) is 0.628. The highest BCUT2D eigenvalue weighted by Crippen LogP contribution is 2.37. The highest BCUT2D eigenvalue weighted by atomic mass is 32.2. The van der Waals surface area contributed by atoms with E-state index in [0.717, 1.165) is 12.3 Å². The molecule has 0 radical (unpaired) electrons. The van der Waals surface area contributed by atoms with Crippen molar-refractivity contribution in [1.82, 2.24) is 0 Å². The maximum Gasteiger partial charge on any atom is 0.416 e. The van der Waals surface area contributed by atoms with Gasteiger partial charge in [0.15, 0.2) is 15.4 Å². The van der Waals surface area contributed by atoms with Crippen LogP contribution in [-0.2, 0) is 26.4 Å². The minimum atomic E-state index is -4.88. The minimum Gasteiger partial charge on any atom is -0.372 e. The summed E-state index contributed by atoms with van der Waals surface area (Å²) < 4.78 is 62.9. The molecule has 1 amide bonds. The molecular weight excluding hydrogens is 359 g/mol. The van der Waals surface area contributed by atoms with Gasteiger partial charge in [0.05, 0.1) is 10.5 Å². The number of nitrogens with two attached hydrogens (primary N) is 1. The average Bonchev–Trinajstić information content (AvgIpc) is 2.52. The van der Waals surface area contributed by atoms with Crippen molar-refractivity contribution in [2.45, 2.75) is 16.7 Å². The zero-order valence-corrected chi connectivity index (χ0v) is 13.7. The van der Waals surface area contributed by atoms with Crippen LogP contribution in [0, 0.1) is 0 Å². The summed E-state index contributed by atoms with van der Waals surface area (Å²) in [4.78, 5) is 11.2. The highest BCUT2D eigenvalue weighted by Gasteiger charge is 2.41. The summed E-state index contributed by atoms with van der Waals surface area (Å²) in [6.07, 6.45) is -4.16. The summed E-state index contributed by atoms with van der Waals surface area (Å²) in [6, 6.07) is 8.82. The molecule has 9 heteroatoms. The van der Waals surface area contributed by atoms with Crippen molar-refractivity contribution >= 4 is 15.7 Å².